The van der Waals surface area contributed by atoms with Gasteiger partial charge < -0.3 is 85.2 Å². The van der Waals surface area contributed by atoms with E-state index in [9.17, 15) is 24.6 Å². The van der Waals surface area contributed by atoms with Crippen LogP contribution in [0.4, 0.5) is 5.82 Å². The van der Waals surface area contributed by atoms with E-state index in [1.807, 2.05) is 49.5 Å². The van der Waals surface area contributed by atoms with Gasteiger partial charge in [0.1, 0.15) is 98.7 Å². The predicted molar refractivity (Wildman–Crippen MR) is 560 cm³/mol. The summed E-state index contributed by atoms with van der Waals surface area (Å²) in [4.78, 5) is 103. The average molecular weight is 2010 g/mol. The monoisotopic (exact) mass is 2010 g/mol. The number of ether oxygens (including phenoxy) is 6. The fourth-order valence-corrected chi connectivity index (χ4v) is 29.1. The highest BCUT2D eigenvalue weighted by Gasteiger charge is 2.40. The molecule has 30 nitrogen and oxygen atoms in total. The number of aliphatic hydroxyl groups excluding tert-OH is 2. The molecule has 0 spiro atoms. The summed E-state index contributed by atoms with van der Waals surface area (Å²) in [5.41, 5.74) is 16.9. The van der Waals surface area contributed by atoms with Crippen LogP contribution in [0.5, 0.6) is 23.5 Å². The van der Waals surface area contributed by atoms with Gasteiger partial charge in [0.15, 0.2) is 0 Å². The number of anilines is 1. The molecule has 5 saturated carbocycles. The lowest BCUT2D eigenvalue weighted by molar-refractivity contribution is -0.126. The van der Waals surface area contributed by atoms with E-state index in [1.165, 1.54) is 97.8 Å². The lowest BCUT2D eigenvalue weighted by atomic mass is 9.90. The molecule has 8 N–H and O–H groups in total. The number of hydrogen-bond donors (Lipinski definition) is 6. The summed E-state index contributed by atoms with van der Waals surface area (Å²) in [6, 6.07) is 3.79. The molecule has 140 heavy (non-hydrogen) atoms. The summed E-state index contributed by atoms with van der Waals surface area (Å²) >= 11 is 8.76. The van der Waals surface area contributed by atoms with E-state index in [-0.39, 0.29) is 54.8 Å². The van der Waals surface area contributed by atoms with Crippen molar-refractivity contribution in [3.63, 3.8) is 0 Å². The first-order valence-electron chi connectivity index (χ1n) is 51.2. The number of thiophene rings is 5. The molecule has 10 aromatic heterocycles. The van der Waals surface area contributed by atoms with Crippen LogP contribution < -0.4 is 41.0 Å². The number of aryl methyl sites for hydroxylation is 5. The Morgan fingerprint density at radius 1 is 0.429 bits per heavy atom. The van der Waals surface area contributed by atoms with E-state index in [1.54, 1.807) is 65.6 Å². The number of carbonyl (C=O) groups is 3. The van der Waals surface area contributed by atoms with Crippen molar-refractivity contribution >= 4 is 131 Å². The van der Waals surface area contributed by atoms with Crippen molar-refractivity contribution in [2.45, 2.75) is 335 Å². The fraction of sp³-hybridized carbons (Fsp3) is 0.648. The normalized spacial score (nSPS) is 25.1. The van der Waals surface area contributed by atoms with Crippen LogP contribution in [-0.4, -0.2) is 279 Å². The van der Waals surface area contributed by atoms with Crippen molar-refractivity contribution in [2.24, 2.45) is 11.5 Å². The summed E-state index contributed by atoms with van der Waals surface area (Å²) in [5, 5.41) is 31.7. The Balaban J connectivity index is 0.000000126. The maximum Gasteiger partial charge on any atom is 0.246 e. The molecule has 10 heterocycles. The molecule has 7 atom stereocenters. The molecule has 10 aromatic rings. The standard InChI is InChI=1S/C22H31N3O2S.C22H29N3O2S.C21H29N5O3S.C20H28N4O3S.C20H30N4OS/c2*1-4-5-12-26-13-15-6-11-18-19(15)20-21(23-14-24-22(20)28-18)27-17-9-7-16(8-10-17)25(2)3;1-26(2)13-4-6-14(7-5-13)29-20-19-18-12(9-17(28)23-10-16(22)27)3-8-15(18)30-21(19)25-11-24-20;1-24(2)12-4-6-13(7-5-12)27-19-17-16-11(9-14(25)18(21)26)3-8-15(16)28-20(17)23-10-22-19;1-12(25)10-13-4-9-16-17(13)18-19(21-11-22-20(18)26-16)23-14-5-7-15(8-6-14)24(2)3/h4-5,14-17H,6-13H2,1-3H3;14-17H,6-13H2,1-3H3;11-14H,3-10H2,1-2H3,(H2,22,27)(H,23,28);10-14,25H,3-9H2,1-2H3,(H2,21,26);11-15,25H,4-10H2,1-3H3,(H,21,22,23)/b5-4+;;;;/t2*15-,16?,17?;12-,13?,14?;11-,12?,13?,14?;12-,13+,14?,15?/m11110/s1. The largest absolute Gasteiger partial charge is 0.474 e. The molecule has 758 valence electrons. The summed E-state index contributed by atoms with van der Waals surface area (Å²) in [6.07, 6.45) is 46.1. The molecule has 10 aliphatic carbocycles. The van der Waals surface area contributed by atoms with Gasteiger partial charge in [-0.05, 0) is 342 Å². The van der Waals surface area contributed by atoms with Gasteiger partial charge in [-0.2, -0.15) is 0 Å². The van der Waals surface area contributed by atoms with Gasteiger partial charge in [0.25, 0.3) is 0 Å². The first-order chi connectivity index (χ1) is 67.7. The zero-order chi connectivity index (χ0) is 98.4. The summed E-state index contributed by atoms with van der Waals surface area (Å²) in [6.45, 7) is 8.27. The van der Waals surface area contributed by atoms with Crippen molar-refractivity contribution in [1.82, 2.24) is 79.7 Å². The number of rotatable bonds is 31. The predicted octanol–water partition coefficient (Wildman–Crippen LogP) is 16.5. The number of nitrogens with zero attached hydrogens (tertiary/aromatic N) is 15. The van der Waals surface area contributed by atoms with E-state index in [0.29, 0.717) is 98.4 Å². The highest BCUT2D eigenvalue weighted by molar-refractivity contribution is 7.20. The summed E-state index contributed by atoms with van der Waals surface area (Å²) in [5.74, 6) is 9.80. The Kier molecular flexibility index (Phi) is 36.5. The van der Waals surface area contributed by atoms with Crippen LogP contribution >= 0.6 is 56.7 Å². The van der Waals surface area contributed by atoms with Gasteiger partial charge in [0.2, 0.25) is 41.2 Å². The molecular weight excluding hydrogens is 1860 g/mol. The molecule has 0 bridgehead atoms. The van der Waals surface area contributed by atoms with Crippen LogP contribution in [0.2, 0.25) is 0 Å². The molecule has 10 aliphatic rings. The van der Waals surface area contributed by atoms with E-state index < -0.39 is 17.9 Å². The summed E-state index contributed by atoms with van der Waals surface area (Å²) < 4.78 is 37.3. The van der Waals surface area contributed by atoms with Gasteiger partial charge in [-0.15, -0.1) is 62.6 Å². The minimum absolute atomic E-state index is 0.0828. The number of fused-ring (bicyclic) bond motifs is 15. The minimum Gasteiger partial charge on any atom is -0.474 e. The quantitative estimate of drug-likeness (QED) is 0.0133. The molecule has 35 heteroatoms. The Labute approximate surface area is 844 Å². The zero-order valence-electron chi connectivity index (χ0n) is 84.2. The van der Waals surface area contributed by atoms with Crippen LogP contribution in [0.3, 0.4) is 0 Å². The summed E-state index contributed by atoms with van der Waals surface area (Å²) in [7, 11) is 21.6. The van der Waals surface area contributed by atoms with Crippen LogP contribution in [-0.2, 0) is 56.0 Å². The third-order valence-corrected chi connectivity index (χ3v) is 36.5. The zero-order valence-corrected chi connectivity index (χ0v) is 88.3. The average Bonchev–Trinajstić information content (AvgIpc) is 1.62. The second-order valence-electron chi connectivity index (χ2n) is 41.1. The van der Waals surface area contributed by atoms with Gasteiger partial charge in [-0.1, -0.05) is 18.1 Å². The highest BCUT2D eigenvalue weighted by atomic mass is 32.1. The molecule has 0 aromatic carbocycles. The Morgan fingerprint density at radius 3 is 1.10 bits per heavy atom. The SMILES string of the molecule is C/C=C/COC[C@H]1CCc2sc3ncnc(OC4CCC(N(C)C)CC4)c3c21.CC#CCOC[C@H]1CCc2sc3ncnc(OC4CCC(N(C)C)CC4)c3c21.CN(C)C1CCC(Oc2ncnc3sc4c(c23)[C@@H](CC(=O)NCC(N)=O)CC4)CC1.CN(C)C1CCC(Oc2ncnc3sc4c(c23)[C@@H](CC(O)C(N)=O)CC4)CC1.C[C@H](O)C[C@H]1CCc2sc3ncnc(NC4CCC(N(C)C)CC4)c3c21. The molecule has 0 aliphatic heterocycles. The topological polar surface area (TPSA) is 368 Å². The second-order valence-corrected chi connectivity index (χ2v) is 46.5. The van der Waals surface area contributed by atoms with Crippen LogP contribution in [0.25, 0.3) is 51.1 Å². The number of primary amides is 2. The molecule has 0 saturated heterocycles. The van der Waals surface area contributed by atoms with Crippen molar-refractivity contribution in [3.05, 3.63) is 96.0 Å². The van der Waals surface area contributed by atoms with Crippen LogP contribution in [0.15, 0.2) is 43.8 Å². The molecule has 0 radical (unpaired) electrons. The molecular formula is C105H147N19O11S5. The van der Waals surface area contributed by atoms with Crippen LogP contribution in [0.1, 0.15) is 282 Å². The number of hydrogen-bond acceptors (Lipinski definition) is 32. The van der Waals surface area contributed by atoms with Crippen molar-refractivity contribution in [2.75, 3.05) is 109 Å². The maximum absolute atomic E-state index is 12.3. The van der Waals surface area contributed by atoms with E-state index in [0.717, 1.165) is 229 Å². The first-order valence-corrected chi connectivity index (χ1v) is 55.2. The molecule has 20 rings (SSSR count). The number of carbonyl (C=O) groups excluding carboxylic acids is 3. The van der Waals surface area contributed by atoms with Gasteiger partial charge in [0.05, 0.1) is 59.4 Å². The van der Waals surface area contributed by atoms with Gasteiger partial charge in [0, 0.05) is 78.9 Å². The van der Waals surface area contributed by atoms with E-state index >= 15 is 0 Å². The lowest BCUT2D eigenvalue weighted by Crippen LogP contribution is -2.36. The number of aliphatic hydroxyl groups is 2. The Hall–Kier alpha value is -8.45. The molecule has 5 fully saturated rings. The minimum atomic E-state index is -1.12. The van der Waals surface area contributed by atoms with Gasteiger partial charge in [-0.3, -0.25) is 14.4 Å². The van der Waals surface area contributed by atoms with Crippen molar-refractivity contribution < 1.29 is 53.0 Å². The van der Waals surface area contributed by atoms with Gasteiger partial charge in [-0.25, -0.2) is 49.8 Å². The number of amides is 3. The number of nitrogens with two attached hydrogens (primary N) is 2. The van der Waals surface area contributed by atoms with Crippen molar-refractivity contribution in [3.8, 4) is 35.4 Å². The lowest BCUT2D eigenvalue weighted by Gasteiger charge is -2.33. The van der Waals surface area contributed by atoms with Crippen molar-refractivity contribution in [1.29, 1.82) is 0 Å². The molecule has 3 amide bonds. The number of nitrogens with one attached hydrogen (secondary N) is 2. The number of allylic oxidation sites excluding steroid dienone is 1. The number of aromatic nitrogens is 10. The van der Waals surface area contributed by atoms with E-state index in [2.05, 4.69) is 173 Å². The Morgan fingerprint density at radius 2 is 0.750 bits per heavy atom. The molecule has 1 unspecified atom stereocenters. The second kappa shape index (κ2) is 49.0. The Bertz CT molecular complexity index is 5900. The van der Waals surface area contributed by atoms with E-state index in [4.69, 9.17) is 39.9 Å². The third kappa shape index (κ3) is 25.5. The smallest absolute Gasteiger partial charge is 0.246 e. The highest BCUT2D eigenvalue weighted by Crippen LogP contribution is 2.54. The third-order valence-electron chi connectivity index (χ3n) is 30.7. The maximum atomic E-state index is 12.3. The van der Waals surface area contributed by atoms with Gasteiger partial charge >= 0.3 is 0 Å². The van der Waals surface area contributed by atoms with Crippen LogP contribution in [0, 0.1) is 11.8 Å². The first kappa shape index (κ1) is 104. The fourth-order valence-electron chi connectivity index (χ4n) is 23.0.